The zero-order valence-corrected chi connectivity index (χ0v) is 13.9. The molecule has 5 atom stereocenters. The van der Waals surface area contributed by atoms with Crippen LogP contribution >= 0.6 is 22.6 Å². The van der Waals surface area contributed by atoms with E-state index in [0.29, 0.717) is 12.0 Å². The van der Waals surface area contributed by atoms with Gasteiger partial charge < -0.3 is 9.47 Å². The molecule has 2 saturated heterocycles. The molecular formula is C13H21IO2Si. The largest absolute Gasteiger partial charge is 0.352 e. The maximum absolute atomic E-state index is 6.14. The Bertz CT molecular complexity index is 350. The molecule has 0 saturated carbocycles. The molecule has 2 aliphatic heterocycles. The van der Waals surface area contributed by atoms with Crippen molar-refractivity contribution in [3.8, 4) is 0 Å². The van der Waals surface area contributed by atoms with Gasteiger partial charge in [-0.15, -0.1) is 0 Å². The van der Waals surface area contributed by atoms with Crippen molar-refractivity contribution < 1.29 is 9.47 Å². The van der Waals surface area contributed by atoms with E-state index in [1.165, 1.54) is 10.0 Å². The van der Waals surface area contributed by atoms with Gasteiger partial charge in [-0.1, -0.05) is 25.7 Å². The minimum atomic E-state index is -1.16. The summed E-state index contributed by atoms with van der Waals surface area (Å²) in [4.78, 5) is 0. The summed E-state index contributed by atoms with van der Waals surface area (Å²) in [6.45, 7) is 8.37. The lowest BCUT2D eigenvalue weighted by molar-refractivity contribution is -0.117. The van der Waals surface area contributed by atoms with Crippen LogP contribution in [-0.2, 0) is 9.47 Å². The first-order valence-electron chi connectivity index (χ1n) is 6.60. The van der Waals surface area contributed by atoms with E-state index in [-0.39, 0.29) is 6.29 Å². The van der Waals surface area contributed by atoms with Crippen molar-refractivity contribution in [2.75, 3.05) is 6.61 Å². The summed E-state index contributed by atoms with van der Waals surface area (Å²) in [6, 6.07) is 0. The highest BCUT2D eigenvalue weighted by atomic mass is 127. The molecule has 1 aliphatic carbocycles. The molecule has 3 rings (SSSR count). The van der Waals surface area contributed by atoms with Crippen molar-refractivity contribution in [3.05, 3.63) is 9.66 Å². The van der Waals surface area contributed by atoms with E-state index in [4.69, 9.17) is 9.47 Å². The first-order valence-corrected chi connectivity index (χ1v) is 11.3. The van der Waals surface area contributed by atoms with E-state index in [2.05, 4.69) is 48.3 Å². The maximum atomic E-state index is 6.14. The van der Waals surface area contributed by atoms with E-state index < -0.39 is 8.07 Å². The predicted octanol–water partition coefficient (Wildman–Crippen LogP) is 3.80. The number of allylic oxidation sites excluding steroid dienone is 1. The van der Waals surface area contributed by atoms with Gasteiger partial charge in [0.05, 0.1) is 20.8 Å². The van der Waals surface area contributed by atoms with E-state index in [0.717, 1.165) is 24.5 Å². The third kappa shape index (κ3) is 2.15. The van der Waals surface area contributed by atoms with Crippen molar-refractivity contribution in [1.82, 2.24) is 0 Å². The summed E-state index contributed by atoms with van der Waals surface area (Å²) in [7, 11) is -1.16. The molecule has 2 heterocycles. The highest BCUT2D eigenvalue weighted by molar-refractivity contribution is 14.1. The second-order valence-corrected chi connectivity index (χ2v) is 13.4. The molecular weight excluding hydrogens is 343 g/mol. The molecule has 0 bridgehead atoms. The summed E-state index contributed by atoms with van der Waals surface area (Å²) in [5, 5.41) is 0. The minimum absolute atomic E-state index is 0.111. The lowest BCUT2D eigenvalue weighted by Gasteiger charge is -2.39. The summed E-state index contributed by atoms with van der Waals surface area (Å²) in [5.41, 5.74) is 0.768. The Labute approximate surface area is 118 Å². The molecule has 3 aliphatic rings. The second-order valence-electron chi connectivity index (χ2n) is 6.65. The van der Waals surface area contributed by atoms with Crippen LogP contribution in [-0.4, -0.2) is 27.1 Å². The van der Waals surface area contributed by atoms with Crippen LogP contribution in [0, 0.1) is 11.8 Å². The fourth-order valence-corrected chi connectivity index (χ4v) is 7.19. The lowest BCUT2D eigenvalue weighted by Crippen LogP contribution is -2.40. The van der Waals surface area contributed by atoms with Crippen LogP contribution in [0.15, 0.2) is 9.66 Å². The number of halogens is 1. The van der Waals surface area contributed by atoms with Crippen molar-refractivity contribution in [2.24, 2.45) is 11.8 Å². The van der Waals surface area contributed by atoms with Crippen LogP contribution in [0.25, 0.3) is 0 Å². The van der Waals surface area contributed by atoms with Crippen molar-refractivity contribution >= 4 is 30.7 Å². The van der Waals surface area contributed by atoms with Gasteiger partial charge in [-0.25, -0.2) is 0 Å². The highest BCUT2D eigenvalue weighted by Crippen LogP contribution is 2.53. The molecule has 2 fully saturated rings. The topological polar surface area (TPSA) is 18.5 Å². The molecule has 0 aromatic carbocycles. The molecule has 0 radical (unpaired) electrons. The SMILES string of the molecule is C[Si](C)(C)[C@H]1C=C(I)C[C@H]2O[C@H]3OCC[C@H]3[C@@H]21. The Kier molecular flexibility index (Phi) is 3.21. The number of hydrogen-bond acceptors (Lipinski definition) is 2. The van der Waals surface area contributed by atoms with Crippen LogP contribution in [0.5, 0.6) is 0 Å². The van der Waals surface area contributed by atoms with Crippen molar-refractivity contribution in [3.63, 3.8) is 0 Å². The van der Waals surface area contributed by atoms with Crippen molar-refractivity contribution in [2.45, 2.75) is 50.4 Å². The molecule has 0 aromatic rings. The molecule has 0 unspecified atom stereocenters. The quantitative estimate of drug-likeness (QED) is 0.521. The zero-order valence-electron chi connectivity index (χ0n) is 10.8. The van der Waals surface area contributed by atoms with Gasteiger partial charge in [0, 0.05) is 12.3 Å². The third-order valence-corrected chi connectivity index (χ3v) is 7.84. The molecule has 0 amide bonds. The number of hydrogen-bond donors (Lipinski definition) is 0. The molecule has 0 aromatic heterocycles. The summed E-state index contributed by atoms with van der Waals surface area (Å²) >= 11 is 2.50. The Morgan fingerprint density at radius 3 is 2.82 bits per heavy atom. The standard InChI is InChI=1S/C13H21IO2Si/c1-17(2,3)11-7-8(14)6-10-12(11)9-4-5-15-13(9)16-10/h7,9-13H,4-6H2,1-3H3/t9-,10+,11-,12-,13+/m0/s1. The maximum Gasteiger partial charge on any atom is 0.161 e. The average Bonchev–Trinajstić information content (AvgIpc) is 2.73. The first kappa shape index (κ1) is 12.6. The van der Waals surface area contributed by atoms with Gasteiger partial charge in [-0.3, -0.25) is 0 Å². The monoisotopic (exact) mass is 364 g/mol. The van der Waals surface area contributed by atoms with Crippen LogP contribution in [0.3, 0.4) is 0 Å². The van der Waals surface area contributed by atoms with Gasteiger partial charge in [0.2, 0.25) is 0 Å². The molecule has 96 valence electrons. The van der Waals surface area contributed by atoms with Gasteiger partial charge in [-0.2, -0.15) is 0 Å². The Morgan fingerprint density at radius 2 is 2.12 bits per heavy atom. The fourth-order valence-electron chi connectivity index (χ4n) is 3.71. The lowest BCUT2D eigenvalue weighted by atomic mass is 9.81. The van der Waals surface area contributed by atoms with Crippen LogP contribution in [0.4, 0.5) is 0 Å². The Hall–Kier alpha value is 0.607. The second kappa shape index (κ2) is 4.32. The molecule has 4 heteroatoms. The molecule has 0 spiro atoms. The van der Waals surface area contributed by atoms with Crippen molar-refractivity contribution in [1.29, 1.82) is 0 Å². The molecule has 17 heavy (non-hydrogen) atoms. The zero-order chi connectivity index (χ0) is 12.2. The Balaban J connectivity index is 1.93. The van der Waals surface area contributed by atoms with Gasteiger partial charge in [0.15, 0.2) is 6.29 Å². The van der Waals surface area contributed by atoms with Gasteiger partial charge in [0.1, 0.15) is 0 Å². The van der Waals surface area contributed by atoms with Crippen LogP contribution in [0.1, 0.15) is 12.8 Å². The number of fused-ring (bicyclic) bond motifs is 3. The first-order chi connectivity index (χ1) is 7.97. The summed E-state index contributed by atoms with van der Waals surface area (Å²) in [6.07, 6.45) is 5.41. The summed E-state index contributed by atoms with van der Waals surface area (Å²) < 4.78 is 13.4. The smallest absolute Gasteiger partial charge is 0.161 e. The predicted molar refractivity (Wildman–Crippen MR) is 80.0 cm³/mol. The van der Waals surface area contributed by atoms with Gasteiger partial charge in [0.25, 0.3) is 0 Å². The summed E-state index contributed by atoms with van der Waals surface area (Å²) in [5.74, 6) is 1.39. The number of rotatable bonds is 1. The van der Waals surface area contributed by atoms with Crippen LogP contribution < -0.4 is 0 Å². The van der Waals surface area contributed by atoms with E-state index in [1.54, 1.807) is 0 Å². The molecule has 0 N–H and O–H groups in total. The van der Waals surface area contributed by atoms with Crippen LogP contribution in [0.2, 0.25) is 25.2 Å². The third-order valence-electron chi connectivity index (χ3n) is 4.49. The van der Waals surface area contributed by atoms with Gasteiger partial charge >= 0.3 is 0 Å². The van der Waals surface area contributed by atoms with Gasteiger partial charge in [-0.05, 0) is 44.1 Å². The average molecular weight is 364 g/mol. The molecule has 2 nitrogen and oxygen atoms in total. The normalized spacial score (nSPS) is 45.4. The Morgan fingerprint density at radius 1 is 1.35 bits per heavy atom. The van der Waals surface area contributed by atoms with E-state index in [1.807, 2.05) is 0 Å². The van der Waals surface area contributed by atoms with E-state index in [9.17, 15) is 0 Å². The highest BCUT2D eigenvalue weighted by Gasteiger charge is 2.54. The minimum Gasteiger partial charge on any atom is -0.352 e. The fraction of sp³-hybridized carbons (Fsp3) is 0.846. The van der Waals surface area contributed by atoms with E-state index >= 15 is 0 Å². The number of ether oxygens (including phenoxy) is 2.